The number of halogens is 3. The third kappa shape index (κ3) is 4.23. The van der Waals surface area contributed by atoms with Gasteiger partial charge in [-0.3, -0.25) is 9.59 Å². The molecule has 1 heterocycles. The number of aromatic amines is 1. The fourth-order valence-electron chi connectivity index (χ4n) is 1.50. The number of hydrogen-bond donors (Lipinski definition) is 1. The van der Waals surface area contributed by atoms with Crippen molar-refractivity contribution in [2.45, 2.75) is 19.5 Å². The van der Waals surface area contributed by atoms with Crippen molar-refractivity contribution in [2.75, 3.05) is 13.1 Å². The molecule has 0 bridgehead atoms. The molecule has 0 aromatic carbocycles. The molecule has 0 aliphatic heterocycles. The third-order valence-corrected chi connectivity index (χ3v) is 2.17. The monoisotopic (exact) mass is 262 g/mol. The Labute approximate surface area is 101 Å². The Morgan fingerprint density at radius 1 is 1.44 bits per heavy atom. The van der Waals surface area contributed by atoms with Crippen LogP contribution >= 0.6 is 0 Å². The summed E-state index contributed by atoms with van der Waals surface area (Å²) >= 11 is 0. The van der Waals surface area contributed by atoms with E-state index >= 15 is 0 Å². The molecule has 0 fully saturated rings. The maximum Gasteiger partial charge on any atom is 0.406 e. The number of aromatic nitrogens is 1. The van der Waals surface area contributed by atoms with Gasteiger partial charge in [-0.05, 0) is 12.5 Å². The first kappa shape index (κ1) is 14.3. The highest BCUT2D eigenvalue weighted by atomic mass is 19.4. The Morgan fingerprint density at radius 3 is 2.61 bits per heavy atom. The van der Waals surface area contributed by atoms with Crippen molar-refractivity contribution < 1.29 is 18.0 Å². The van der Waals surface area contributed by atoms with E-state index in [-0.39, 0.29) is 12.1 Å². The fraction of sp³-hybridized carbons (Fsp3) is 0.455. The molecule has 0 saturated heterocycles. The summed E-state index contributed by atoms with van der Waals surface area (Å²) in [5.74, 6) is -0.791. The predicted octanol–water partition coefficient (Wildman–Crippen LogP) is 1.79. The number of alkyl halides is 3. The van der Waals surface area contributed by atoms with Gasteiger partial charge in [0.05, 0.1) is 0 Å². The fourth-order valence-corrected chi connectivity index (χ4v) is 1.50. The molecule has 0 aliphatic rings. The Balaban J connectivity index is 2.92. The van der Waals surface area contributed by atoms with Gasteiger partial charge < -0.3 is 9.88 Å². The van der Waals surface area contributed by atoms with Crippen molar-refractivity contribution in [3.8, 4) is 0 Å². The Kier molecular flexibility index (Phi) is 4.52. The van der Waals surface area contributed by atoms with Crippen molar-refractivity contribution in [3.05, 3.63) is 34.2 Å². The summed E-state index contributed by atoms with van der Waals surface area (Å²) < 4.78 is 37.0. The number of H-pyrrole nitrogens is 1. The molecule has 4 nitrogen and oxygen atoms in total. The van der Waals surface area contributed by atoms with E-state index in [1.807, 2.05) is 0 Å². The quantitative estimate of drug-likeness (QED) is 0.899. The van der Waals surface area contributed by atoms with Crippen LogP contribution in [0.2, 0.25) is 0 Å². The zero-order valence-electron chi connectivity index (χ0n) is 9.75. The standard InChI is InChI=1S/C11H13F3N2O2/c1-2-5-16(7-11(12,13)14)10(18)8-3-4-15-9(17)6-8/h3-4,6H,2,5,7H2,1H3,(H,15,17). The van der Waals surface area contributed by atoms with Gasteiger partial charge in [0, 0.05) is 24.4 Å². The molecule has 18 heavy (non-hydrogen) atoms. The third-order valence-electron chi connectivity index (χ3n) is 2.17. The van der Waals surface area contributed by atoms with Crippen LogP contribution in [0, 0.1) is 0 Å². The summed E-state index contributed by atoms with van der Waals surface area (Å²) in [7, 11) is 0. The van der Waals surface area contributed by atoms with Gasteiger partial charge in [-0.15, -0.1) is 0 Å². The van der Waals surface area contributed by atoms with E-state index in [4.69, 9.17) is 0 Å². The van der Waals surface area contributed by atoms with E-state index in [9.17, 15) is 22.8 Å². The molecule has 0 unspecified atom stereocenters. The second-order valence-electron chi connectivity index (χ2n) is 3.78. The minimum atomic E-state index is -4.45. The molecule has 0 atom stereocenters. The summed E-state index contributed by atoms with van der Waals surface area (Å²) in [6, 6.07) is 2.27. The Morgan fingerprint density at radius 2 is 2.11 bits per heavy atom. The molecule has 100 valence electrons. The van der Waals surface area contributed by atoms with E-state index in [0.717, 1.165) is 6.07 Å². The maximum atomic E-state index is 12.3. The van der Waals surface area contributed by atoms with Gasteiger partial charge in [0.15, 0.2) is 0 Å². The second-order valence-corrected chi connectivity index (χ2v) is 3.78. The van der Waals surface area contributed by atoms with E-state index in [1.54, 1.807) is 6.92 Å². The average Bonchev–Trinajstić information content (AvgIpc) is 2.26. The second kappa shape index (κ2) is 5.70. The maximum absolute atomic E-state index is 12.3. The zero-order chi connectivity index (χ0) is 13.8. The lowest BCUT2D eigenvalue weighted by Crippen LogP contribution is -2.39. The van der Waals surface area contributed by atoms with Crippen LogP contribution in [-0.4, -0.2) is 35.1 Å². The molecular formula is C11H13F3N2O2. The van der Waals surface area contributed by atoms with Crippen molar-refractivity contribution in [1.82, 2.24) is 9.88 Å². The number of carbonyl (C=O) groups excluding carboxylic acids is 1. The highest BCUT2D eigenvalue weighted by molar-refractivity contribution is 5.94. The van der Waals surface area contributed by atoms with Crippen LogP contribution in [0.3, 0.4) is 0 Å². The number of nitrogens with zero attached hydrogens (tertiary/aromatic N) is 1. The van der Waals surface area contributed by atoms with E-state index in [0.29, 0.717) is 11.3 Å². The molecule has 0 radical (unpaired) electrons. The molecule has 1 aromatic heterocycles. The summed E-state index contributed by atoms with van der Waals surface area (Å²) in [4.78, 5) is 25.8. The topological polar surface area (TPSA) is 53.2 Å². The van der Waals surface area contributed by atoms with Crippen molar-refractivity contribution in [2.24, 2.45) is 0 Å². The normalized spacial score (nSPS) is 11.3. The molecular weight excluding hydrogens is 249 g/mol. The van der Waals surface area contributed by atoms with Gasteiger partial charge in [-0.2, -0.15) is 13.2 Å². The van der Waals surface area contributed by atoms with Gasteiger partial charge in [0.25, 0.3) is 5.91 Å². The lowest BCUT2D eigenvalue weighted by atomic mass is 10.2. The lowest BCUT2D eigenvalue weighted by molar-refractivity contribution is -0.140. The van der Waals surface area contributed by atoms with Crippen LogP contribution in [0.1, 0.15) is 23.7 Å². The number of hydrogen-bond acceptors (Lipinski definition) is 2. The van der Waals surface area contributed by atoms with Gasteiger partial charge >= 0.3 is 6.18 Å². The number of pyridine rings is 1. The van der Waals surface area contributed by atoms with Crippen molar-refractivity contribution in [3.63, 3.8) is 0 Å². The number of carbonyl (C=O) groups is 1. The number of amides is 1. The minimum absolute atomic E-state index is 0.00879. The highest BCUT2D eigenvalue weighted by Crippen LogP contribution is 2.18. The van der Waals surface area contributed by atoms with E-state index < -0.39 is 24.2 Å². The summed E-state index contributed by atoms with van der Waals surface area (Å²) in [5.41, 5.74) is -0.569. The molecule has 1 rings (SSSR count). The van der Waals surface area contributed by atoms with Crippen LogP contribution in [0.5, 0.6) is 0 Å². The first-order valence-corrected chi connectivity index (χ1v) is 5.38. The van der Waals surface area contributed by atoms with Crippen LogP contribution in [-0.2, 0) is 0 Å². The molecule has 0 saturated carbocycles. The number of rotatable bonds is 4. The molecule has 1 amide bonds. The minimum Gasteiger partial charge on any atom is -0.330 e. The highest BCUT2D eigenvalue weighted by Gasteiger charge is 2.32. The largest absolute Gasteiger partial charge is 0.406 e. The summed E-state index contributed by atoms with van der Waals surface area (Å²) in [5, 5.41) is 0. The molecule has 0 spiro atoms. The molecule has 1 N–H and O–H groups in total. The summed E-state index contributed by atoms with van der Waals surface area (Å²) in [6.45, 7) is 0.353. The van der Waals surface area contributed by atoms with E-state index in [1.165, 1.54) is 12.3 Å². The number of nitrogens with one attached hydrogen (secondary N) is 1. The lowest BCUT2D eigenvalue weighted by Gasteiger charge is -2.23. The van der Waals surface area contributed by atoms with Crippen LogP contribution < -0.4 is 5.56 Å². The molecule has 0 aliphatic carbocycles. The van der Waals surface area contributed by atoms with Gasteiger partial charge in [0.1, 0.15) is 6.54 Å². The first-order valence-electron chi connectivity index (χ1n) is 5.38. The summed E-state index contributed by atoms with van der Waals surface area (Å²) in [6.07, 6.45) is -2.82. The Bertz CT molecular complexity index is 468. The van der Waals surface area contributed by atoms with Crippen molar-refractivity contribution in [1.29, 1.82) is 0 Å². The first-order chi connectivity index (χ1) is 8.33. The predicted molar refractivity (Wildman–Crippen MR) is 59.3 cm³/mol. The smallest absolute Gasteiger partial charge is 0.330 e. The molecule has 7 heteroatoms. The van der Waals surface area contributed by atoms with Gasteiger partial charge in [-0.25, -0.2) is 0 Å². The van der Waals surface area contributed by atoms with Crippen LogP contribution in [0.15, 0.2) is 23.1 Å². The SMILES string of the molecule is CCCN(CC(F)(F)F)C(=O)c1cc[nH]c(=O)c1. The Hall–Kier alpha value is -1.79. The van der Waals surface area contributed by atoms with Crippen LogP contribution in [0.25, 0.3) is 0 Å². The zero-order valence-corrected chi connectivity index (χ0v) is 9.75. The molecule has 1 aromatic rings. The van der Waals surface area contributed by atoms with Crippen molar-refractivity contribution >= 4 is 5.91 Å². The van der Waals surface area contributed by atoms with Gasteiger partial charge in [-0.1, -0.05) is 6.92 Å². The average molecular weight is 262 g/mol. The van der Waals surface area contributed by atoms with Gasteiger partial charge in [0.2, 0.25) is 5.56 Å². The van der Waals surface area contributed by atoms with E-state index in [2.05, 4.69) is 4.98 Å². The van der Waals surface area contributed by atoms with Crippen LogP contribution in [0.4, 0.5) is 13.2 Å².